The lowest BCUT2D eigenvalue weighted by Gasteiger charge is -2.16. The summed E-state index contributed by atoms with van der Waals surface area (Å²) in [5.74, 6) is 1.25. The van der Waals surface area contributed by atoms with Crippen LogP contribution in [0.1, 0.15) is 12.8 Å². The normalized spacial score (nSPS) is 37.6. The molecular weight excluding hydrogens is 164 g/mol. The van der Waals surface area contributed by atoms with Gasteiger partial charge in [-0.05, 0) is 30.8 Å². The highest BCUT2D eigenvalue weighted by molar-refractivity contribution is 5.87. The van der Waals surface area contributed by atoms with Crippen LogP contribution in [0.15, 0.2) is 12.7 Å². The third-order valence-electron chi connectivity index (χ3n) is 3.40. The summed E-state index contributed by atoms with van der Waals surface area (Å²) < 4.78 is 0. The molecule has 1 amide bonds. The Morgan fingerprint density at radius 1 is 1.46 bits per heavy atom. The number of carbonyl (C=O) groups is 1. The number of amides is 1. The largest absolute Gasteiger partial charge is 0.339 e. The van der Waals surface area contributed by atoms with E-state index in [0.717, 1.165) is 19.5 Å². The van der Waals surface area contributed by atoms with Crippen LogP contribution in [-0.4, -0.2) is 29.9 Å². The second-order valence-electron chi connectivity index (χ2n) is 4.11. The zero-order valence-electron chi connectivity index (χ0n) is 7.78. The highest BCUT2D eigenvalue weighted by Gasteiger charge is 2.41. The number of rotatable bonds is 1. The van der Waals surface area contributed by atoms with Gasteiger partial charge < -0.3 is 10.6 Å². The van der Waals surface area contributed by atoms with E-state index in [9.17, 15) is 4.79 Å². The Labute approximate surface area is 78.6 Å². The van der Waals surface area contributed by atoms with Gasteiger partial charge in [0, 0.05) is 19.1 Å². The molecule has 3 unspecified atom stereocenters. The van der Waals surface area contributed by atoms with Crippen LogP contribution in [-0.2, 0) is 4.79 Å². The molecule has 0 aromatic heterocycles. The third kappa shape index (κ3) is 1.37. The van der Waals surface area contributed by atoms with E-state index in [0.29, 0.717) is 17.9 Å². The molecule has 3 heteroatoms. The minimum Gasteiger partial charge on any atom is -0.339 e. The number of fused-ring (bicyclic) bond motifs is 1. The van der Waals surface area contributed by atoms with Gasteiger partial charge in [-0.25, -0.2) is 0 Å². The van der Waals surface area contributed by atoms with E-state index in [1.54, 1.807) is 0 Å². The topological polar surface area (TPSA) is 46.3 Å². The molecule has 0 bridgehead atoms. The Balaban J connectivity index is 2.02. The van der Waals surface area contributed by atoms with Gasteiger partial charge in [-0.1, -0.05) is 6.58 Å². The number of likely N-dealkylation sites (tertiary alicyclic amines) is 1. The lowest BCUT2D eigenvalue weighted by molar-refractivity contribution is -0.125. The van der Waals surface area contributed by atoms with E-state index in [1.807, 2.05) is 4.90 Å². The van der Waals surface area contributed by atoms with Crippen molar-refractivity contribution in [1.82, 2.24) is 4.90 Å². The van der Waals surface area contributed by atoms with Crippen molar-refractivity contribution in [3.8, 4) is 0 Å². The zero-order valence-corrected chi connectivity index (χ0v) is 7.78. The van der Waals surface area contributed by atoms with E-state index in [4.69, 9.17) is 5.73 Å². The Morgan fingerprint density at radius 3 is 2.85 bits per heavy atom. The van der Waals surface area contributed by atoms with E-state index in [-0.39, 0.29) is 5.91 Å². The van der Waals surface area contributed by atoms with Crippen LogP contribution in [0, 0.1) is 11.8 Å². The standard InChI is InChI=1S/C10H16N2O/c1-2-10(13)12-5-7-3-4-9(11)8(7)6-12/h2,7-9H,1,3-6,11H2. The monoisotopic (exact) mass is 180 g/mol. The molecule has 1 aliphatic carbocycles. The molecule has 0 aromatic rings. The number of nitrogens with zero attached hydrogens (tertiary/aromatic N) is 1. The van der Waals surface area contributed by atoms with Crippen LogP contribution >= 0.6 is 0 Å². The molecule has 1 heterocycles. The molecule has 3 nitrogen and oxygen atoms in total. The Morgan fingerprint density at radius 2 is 2.23 bits per heavy atom. The summed E-state index contributed by atoms with van der Waals surface area (Å²) in [4.78, 5) is 13.2. The second-order valence-corrected chi connectivity index (χ2v) is 4.11. The molecule has 1 saturated carbocycles. The van der Waals surface area contributed by atoms with Gasteiger partial charge >= 0.3 is 0 Å². The smallest absolute Gasteiger partial charge is 0.245 e. The van der Waals surface area contributed by atoms with Gasteiger partial charge in [0.1, 0.15) is 0 Å². The van der Waals surface area contributed by atoms with Crippen molar-refractivity contribution in [3.63, 3.8) is 0 Å². The summed E-state index contributed by atoms with van der Waals surface area (Å²) in [5, 5.41) is 0. The Kier molecular flexibility index (Phi) is 2.12. The SMILES string of the molecule is C=CC(=O)N1CC2CCC(N)C2C1. The van der Waals surface area contributed by atoms with Crippen LogP contribution in [0.4, 0.5) is 0 Å². The molecule has 2 N–H and O–H groups in total. The highest BCUT2D eigenvalue weighted by Crippen LogP contribution is 2.36. The van der Waals surface area contributed by atoms with Crippen LogP contribution in [0.2, 0.25) is 0 Å². The van der Waals surface area contributed by atoms with Crippen molar-refractivity contribution in [3.05, 3.63) is 12.7 Å². The first kappa shape index (κ1) is 8.75. The van der Waals surface area contributed by atoms with Crippen LogP contribution in [0.5, 0.6) is 0 Å². The van der Waals surface area contributed by atoms with Crippen molar-refractivity contribution < 1.29 is 4.79 Å². The molecule has 0 radical (unpaired) electrons. The fourth-order valence-corrected chi connectivity index (χ4v) is 2.62. The van der Waals surface area contributed by atoms with Gasteiger partial charge in [-0.3, -0.25) is 4.79 Å². The Bertz CT molecular complexity index is 239. The Hall–Kier alpha value is -0.830. The number of carbonyl (C=O) groups excluding carboxylic acids is 1. The van der Waals surface area contributed by atoms with E-state index >= 15 is 0 Å². The van der Waals surface area contributed by atoms with Gasteiger partial charge in [0.2, 0.25) is 5.91 Å². The molecule has 1 saturated heterocycles. The third-order valence-corrected chi connectivity index (χ3v) is 3.40. The maximum absolute atomic E-state index is 11.3. The number of hydrogen-bond donors (Lipinski definition) is 1. The van der Waals surface area contributed by atoms with Crippen LogP contribution < -0.4 is 5.73 Å². The highest BCUT2D eigenvalue weighted by atomic mass is 16.2. The van der Waals surface area contributed by atoms with Crippen molar-refractivity contribution in [1.29, 1.82) is 0 Å². The molecule has 2 rings (SSSR count). The average molecular weight is 180 g/mol. The minimum atomic E-state index is 0.0570. The first-order valence-electron chi connectivity index (χ1n) is 4.89. The maximum atomic E-state index is 11.3. The molecule has 1 aliphatic heterocycles. The van der Waals surface area contributed by atoms with Crippen molar-refractivity contribution in [2.45, 2.75) is 18.9 Å². The van der Waals surface area contributed by atoms with Gasteiger partial charge in [0.05, 0.1) is 0 Å². The molecule has 2 fully saturated rings. The summed E-state index contributed by atoms with van der Waals surface area (Å²) in [7, 11) is 0. The minimum absolute atomic E-state index is 0.0570. The summed E-state index contributed by atoms with van der Waals surface area (Å²) in [6.07, 6.45) is 3.71. The van der Waals surface area contributed by atoms with Gasteiger partial charge in [0.25, 0.3) is 0 Å². The molecule has 72 valence electrons. The lowest BCUT2D eigenvalue weighted by Crippen LogP contribution is -2.32. The fourth-order valence-electron chi connectivity index (χ4n) is 2.62. The van der Waals surface area contributed by atoms with Gasteiger partial charge in [-0.2, -0.15) is 0 Å². The van der Waals surface area contributed by atoms with Crippen LogP contribution in [0.3, 0.4) is 0 Å². The molecule has 2 aliphatic rings. The number of hydrogen-bond acceptors (Lipinski definition) is 2. The lowest BCUT2D eigenvalue weighted by atomic mass is 9.98. The summed E-state index contributed by atoms with van der Waals surface area (Å²) >= 11 is 0. The predicted molar refractivity (Wildman–Crippen MR) is 51.0 cm³/mol. The quantitative estimate of drug-likeness (QED) is 0.592. The molecule has 0 spiro atoms. The van der Waals surface area contributed by atoms with Crippen molar-refractivity contribution in [2.24, 2.45) is 17.6 Å². The van der Waals surface area contributed by atoms with E-state index in [1.165, 1.54) is 12.5 Å². The zero-order chi connectivity index (χ0) is 9.42. The summed E-state index contributed by atoms with van der Waals surface area (Å²) in [6.45, 7) is 5.23. The van der Waals surface area contributed by atoms with Gasteiger partial charge in [-0.15, -0.1) is 0 Å². The molecule has 3 atom stereocenters. The van der Waals surface area contributed by atoms with Crippen molar-refractivity contribution >= 4 is 5.91 Å². The molecular formula is C10H16N2O. The first-order chi connectivity index (χ1) is 6.22. The summed E-state index contributed by atoms with van der Waals surface area (Å²) in [6, 6.07) is 0.313. The van der Waals surface area contributed by atoms with Crippen molar-refractivity contribution in [2.75, 3.05) is 13.1 Å². The second kappa shape index (κ2) is 3.14. The fraction of sp³-hybridized carbons (Fsp3) is 0.700. The summed E-state index contributed by atoms with van der Waals surface area (Å²) in [5.41, 5.74) is 5.96. The first-order valence-corrected chi connectivity index (χ1v) is 4.89. The molecule has 13 heavy (non-hydrogen) atoms. The van der Waals surface area contributed by atoms with E-state index in [2.05, 4.69) is 6.58 Å². The average Bonchev–Trinajstić information content (AvgIpc) is 2.67. The predicted octanol–water partition coefficient (Wildman–Crippen LogP) is 0.368. The number of nitrogens with two attached hydrogens (primary N) is 1. The molecule has 0 aromatic carbocycles. The van der Waals surface area contributed by atoms with Crippen LogP contribution in [0.25, 0.3) is 0 Å². The maximum Gasteiger partial charge on any atom is 0.245 e. The van der Waals surface area contributed by atoms with Gasteiger partial charge in [0.15, 0.2) is 0 Å². The van der Waals surface area contributed by atoms with E-state index < -0.39 is 0 Å².